The number of ether oxygens (including phenoxy) is 1. The van der Waals surface area contributed by atoms with Crippen molar-refractivity contribution >= 4 is 57.3 Å². The zero-order valence-electron chi connectivity index (χ0n) is 22.5. The van der Waals surface area contributed by atoms with Gasteiger partial charge in [-0.2, -0.15) is 0 Å². The maximum Gasteiger partial charge on any atom is 0.301 e. The number of aryl methyl sites for hydroxylation is 1. The van der Waals surface area contributed by atoms with E-state index in [1.165, 1.54) is 28.0 Å². The average Bonchev–Trinajstić information content (AvgIpc) is 3.55. The predicted molar refractivity (Wildman–Crippen MR) is 164 cm³/mol. The maximum atomic E-state index is 13.5. The number of Topliss-reactive ketones (excluding diaryl/α,β-unsaturated/α-hetero) is 1. The molecule has 0 spiro atoms. The normalized spacial score (nSPS) is 16.4. The van der Waals surface area contributed by atoms with Gasteiger partial charge in [0.15, 0.2) is 4.34 Å². The Hall–Kier alpha value is -3.66. The molecule has 1 fully saturated rings. The number of nitrogens with zero attached hydrogens (tertiary/aromatic N) is 3. The predicted octanol–water partition coefficient (Wildman–Crippen LogP) is 7.60. The van der Waals surface area contributed by atoms with Gasteiger partial charge in [-0.25, -0.2) is 0 Å². The third-order valence-electron chi connectivity index (χ3n) is 6.64. The number of amides is 1. The van der Waals surface area contributed by atoms with Gasteiger partial charge < -0.3 is 9.84 Å². The van der Waals surface area contributed by atoms with Gasteiger partial charge in [0.25, 0.3) is 5.78 Å². The Kier molecular flexibility index (Phi) is 9.07. The first kappa shape index (κ1) is 28.9. The SMILES string of the molecule is CCCCOc1ccc(C2/C(=C(/O)c3ccc(C)cc3)C(=O)C(=O)N2c2nnc(SCc3ccccc3Cl)s2)cc1. The number of anilines is 1. The number of aliphatic hydroxyl groups excluding tert-OH is 1. The van der Waals surface area contributed by atoms with Crippen LogP contribution >= 0.6 is 34.7 Å². The minimum Gasteiger partial charge on any atom is -0.507 e. The lowest BCUT2D eigenvalue weighted by molar-refractivity contribution is -0.132. The molecule has 1 unspecified atom stereocenters. The van der Waals surface area contributed by atoms with Crippen molar-refractivity contribution in [2.24, 2.45) is 0 Å². The van der Waals surface area contributed by atoms with Crippen LogP contribution in [0.1, 0.15) is 48.1 Å². The number of hydrogen-bond acceptors (Lipinski definition) is 8. The van der Waals surface area contributed by atoms with Crippen LogP contribution in [0.4, 0.5) is 5.13 Å². The molecule has 1 aliphatic heterocycles. The topological polar surface area (TPSA) is 92.6 Å². The highest BCUT2D eigenvalue weighted by molar-refractivity contribution is 8.00. The molecule has 1 N–H and O–H groups in total. The molecule has 1 amide bonds. The molecule has 1 saturated heterocycles. The largest absolute Gasteiger partial charge is 0.507 e. The minimum absolute atomic E-state index is 0.000949. The van der Waals surface area contributed by atoms with Crippen LogP contribution in [-0.2, 0) is 15.3 Å². The van der Waals surface area contributed by atoms with E-state index in [2.05, 4.69) is 17.1 Å². The summed E-state index contributed by atoms with van der Waals surface area (Å²) in [5, 5.41) is 20.8. The molecule has 3 aromatic carbocycles. The van der Waals surface area contributed by atoms with E-state index < -0.39 is 17.7 Å². The molecule has 1 aliphatic rings. The molecule has 0 saturated carbocycles. The van der Waals surface area contributed by atoms with Crippen LogP contribution in [0.2, 0.25) is 5.02 Å². The number of ketones is 1. The summed E-state index contributed by atoms with van der Waals surface area (Å²) in [6.45, 7) is 4.63. The molecular formula is C31H28ClN3O4S2. The number of carbonyl (C=O) groups is 2. The van der Waals surface area contributed by atoms with Gasteiger partial charge in [-0.3, -0.25) is 14.5 Å². The fourth-order valence-electron chi connectivity index (χ4n) is 4.41. The third-order valence-corrected chi connectivity index (χ3v) is 9.12. The third kappa shape index (κ3) is 6.32. The van der Waals surface area contributed by atoms with E-state index in [1.54, 1.807) is 24.3 Å². The number of rotatable bonds is 10. The van der Waals surface area contributed by atoms with Gasteiger partial charge in [0.05, 0.1) is 18.2 Å². The van der Waals surface area contributed by atoms with Crippen molar-refractivity contribution in [3.63, 3.8) is 0 Å². The zero-order chi connectivity index (χ0) is 28.9. The summed E-state index contributed by atoms with van der Waals surface area (Å²) >= 11 is 8.95. The Morgan fingerprint density at radius 3 is 2.49 bits per heavy atom. The summed E-state index contributed by atoms with van der Waals surface area (Å²) in [4.78, 5) is 28.3. The number of benzene rings is 3. The van der Waals surface area contributed by atoms with Crippen molar-refractivity contribution < 1.29 is 19.4 Å². The molecule has 4 aromatic rings. The van der Waals surface area contributed by atoms with E-state index in [9.17, 15) is 14.7 Å². The molecule has 0 bridgehead atoms. The smallest absolute Gasteiger partial charge is 0.301 e. The highest BCUT2D eigenvalue weighted by Crippen LogP contribution is 2.44. The van der Waals surface area contributed by atoms with Crippen LogP contribution in [0.25, 0.3) is 5.76 Å². The van der Waals surface area contributed by atoms with E-state index in [-0.39, 0.29) is 16.5 Å². The lowest BCUT2D eigenvalue weighted by Crippen LogP contribution is -2.29. The van der Waals surface area contributed by atoms with Gasteiger partial charge in [-0.05, 0) is 42.7 Å². The quantitative estimate of drug-likeness (QED) is 0.0497. The molecular weight excluding hydrogens is 578 g/mol. The van der Waals surface area contributed by atoms with E-state index in [0.717, 1.165) is 24.0 Å². The fourth-order valence-corrected chi connectivity index (χ4v) is 6.56. The second-order valence-corrected chi connectivity index (χ2v) is 12.1. The Balaban J connectivity index is 1.51. The number of halogens is 1. The first-order chi connectivity index (χ1) is 19.9. The van der Waals surface area contributed by atoms with E-state index >= 15 is 0 Å². The second-order valence-electron chi connectivity index (χ2n) is 9.54. The van der Waals surface area contributed by atoms with Crippen molar-refractivity contribution in [1.82, 2.24) is 10.2 Å². The summed E-state index contributed by atoms with van der Waals surface area (Å²) in [7, 11) is 0. The van der Waals surface area contributed by atoms with Crippen molar-refractivity contribution in [2.45, 2.75) is 42.8 Å². The minimum atomic E-state index is -0.893. The molecule has 10 heteroatoms. The van der Waals surface area contributed by atoms with Crippen molar-refractivity contribution in [3.05, 3.63) is 106 Å². The van der Waals surface area contributed by atoms with Gasteiger partial charge in [0.1, 0.15) is 11.5 Å². The Morgan fingerprint density at radius 2 is 1.78 bits per heavy atom. The lowest BCUT2D eigenvalue weighted by atomic mass is 9.95. The summed E-state index contributed by atoms with van der Waals surface area (Å²) in [5.74, 6) is -0.532. The molecule has 210 valence electrons. The first-order valence-electron chi connectivity index (χ1n) is 13.2. The molecule has 5 rings (SSSR count). The van der Waals surface area contributed by atoms with Crippen LogP contribution in [0, 0.1) is 6.92 Å². The van der Waals surface area contributed by atoms with Gasteiger partial charge in [-0.1, -0.05) is 108 Å². The Labute approximate surface area is 251 Å². The number of thioether (sulfide) groups is 1. The second kappa shape index (κ2) is 12.9. The molecule has 1 atom stereocenters. The molecule has 0 aliphatic carbocycles. The fraction of sp³-hybridized carbons (Fsp3) is 0.226. The standard InChI is InChI=1S/C31H28ClN3O4S2/c1-3-4-17-39-23-15-13-20(14-16-23)26-25(27(36)21-11-9-19(2)10-12-21)28(37)29(38)35(26)30-33-34-31(41-30)40-18-22-7-5-6-8-24(22)32/h5-16,26,36H,3-4,17-18H2,1-2H3/b27-25-. The van der Waals surface area contributed by atoms with E-state index in [4.69, 9.17) is 16.3 Å². The van der Waals surface area contributed by atoms with Crippen LogP contribution in [0.3, 0.4) is 0 Å². The molecule has 0 radical (unpaired) electrons. The number of carbonyl (C=O) groups excluding carboxylic acids is 2. The van der Waals surface area contributed by atoms with Crippen molar-refractivity contribution in [2.75, 3.05) is 11.5 Å². The van der Waals surface area contributed by atoms with Gasteiger partial charge >= 0.3 is 5.91 Å². The lowest BCUT2D eigenvalue weighted by Gasteiger charge is -2.22. The summed E-state index contributed by atoms with van der Waals surface area (Å²) in [6, 6.07) is 21.0. The molecule has 41 heavy (non-hydrogen) atoms. The van der Waals surface area contributed by atoms with Crippen LogP contribution in [-0.4, -0.2) is 33.6 Å². The van der Waals surface area contributed by atoms with Crippen molar-refractivity contribution in [3.8, 4) is 5.75 Å². The highest BCUT2D eigenvalue weighted by Gasteiger charge is 2.48. The zero-order valence-corrected chi connectivity index (χ0v) is 24.9. The van der Waals surface area contributed by atoms with Gasteiger partial charge in [-0.15, -0.1) is 10.2 Å². The van der Waals surface area contributed by atoms with Gasteiger partial charge in [0.2, 0.25) is 5.13 Å². The number of aromatic nitrogens is 2. The molecule has 7 nitrogen and oxygen atoms in total. The summed E-state index contributed by atoms with van der Waals surface area (Å²) < 4.78 is 6.43. The van der Waals surface area contributed by atoms with Crippen LogP contribution in [0.5, 0.6) is 5.75 Å². The highest BCUT2D eigenvalue weighted by atomic mass is 35.5. The average molecular weight is 606 g/mol. The van der Waals surface area contributed by atoms with Crippen LogP contribution in [0.15, 0.2) is 82.7 Å². The summed E-state index contributed by atoms with van der Waals surface area (Å²) in [5.41, 5.74) is 3.05. The Bertz CT molecular complexity index is 1590. The maximum absolute atomic E-state index is 13.5. The molecule has 1 aromatic heterocycles. The van der Waals surface area contributed by atoms with E-state index in [0.29, 0.717) is 38.6 Å². The number of hydrogen-bond donors (Lipinski definition) is 1. The number of aliphatic hydroxyl groups is 1. The van der Waals surface area contributed by atoms with Gasteiger partial charge in [0, 0.05) is 16.3 Å². The first-order valence-corrected chi connectivity index (χ1v) is 15.4. The van der Waals surface area contributed by atoms with Crippen molar-refractivity contribution in [1.29, 1.82) is 0 Å². The number of unbranched alkanes of at least 4 members (excludes halogenated alkanes) is 1. The van der Waals surface area contributed by atoms with E-state index in [1.807, 2.05) is 55.5 Å². The molecule has 2 heterocycles. The van der Waals surface area contributed by atoms with Crippen LogP contribution < -0.4 is 9.64 Å². The Morgan fingerprint density at radius 1 is 1.05 bits per heavy atom. The summed E-state index contributed by atoms with van der Waals surface area (Å²) in [6.07, 6.45) is 1.96. The monoisotopic (exact) mass is 605 g/mol.